The van der Waals surface area contributed by atoms with Crippen LogP contribution in [0.4, 0.5) is 0 Å². The van der Waals surface area contributed by atoms with E-state index in [4.69, 9.17) is 0 Å². The molecular weight excluding hydrogens is 328 g/mol. The summed E-state index contributed by atoms with van der Waals surface area (Å²) in [5.41, 5.74) is 7.73. The van der Waals surface area contributed by atoms with Gasteiger partial charge < -0.3 is 0 Å². The predicted octanol–water partition coefficient (Wildman–Crippen LogP) is 5.17. The van der Waals surface area contributed by atoms with Crippen LogP contribution in [0.1, 0.15) is 30.7 Å². The highest BCUT2D eigenvalue weighted by molar-refractivity contribution is 5.74. The Bertz CT molecular complexity index is 1210. The van der Waals surface area contributed by atoms with E-state index in [1.807, 2.05) is 18.2 Å². The topological polar surface area (TPSA) is 8.81 Å². The van der Waals surface area contributed by atoms with E-state index in [9.17, 15) is 1.37 Å². The minimum absolute atomic E-state index is 0.414. The summed E-state index contributed by atoms with van der Waals surface area (Å²) in [6, 6.07) is 27.4. The Kier molecular flexibility index (Phi) is 3.15. The number of imidazole rings is 1. The lowest BCUT2D eigenvalue weighted by molar-refractivity contribution is -0.602. The van der Waals surface area contributed by atoms with Crippen molar-refractivity contribution in [3.8, 4) is 16.9 Å². The number of fused-ring (bicyclic) bond motifs is 3. The number of aryl methyl sites for hydroxylation is 1. The van der Waals surface area contributed by atoms with Crippen molar-refractivity contribution in [1.29, 1.82) is 0 Å². The molecule has 0 saturated heterocycles. The number of nitrogens with zero attached hydrogens (tertiary/aromatic N) is 2. The van der Waals surface area contributed by atoms with Crippen LogP contribution in [0.15, 0.2) is 85.2 Å². The van der Waals surface area contributed by atoms with Gasteiger partial charge in [0.15, 0.2) is 18.3 Å². The summed E-state index contributed by atoms with van der Waals surface area (Å²) in [4.78, 5) is 0. The number of para-hydroxylation sites is 1. The highest BCUT2D eigenvalue weighted by Crippen LogP contribution is 2.47. The number of hydrogen-bond donors (Lipinski definition) is 0. The van der Waals surface area contributed by atoms with Gasteiger partial charge in [0.25, 0.3) is 6.30 Å². The fourth-order valence-electron chi connectivity index (χ4n) is 4.46. The average Bonchev–Trinajstić information content (AvgIpc) is 3.15. The van der Waals surface area contributed by atoms with E-state index >= 15 is 0 Å². The highest BCUT2D eigenvalue weighted by Gasteiger charge is 2.47. The lowest BCUT2D eigenvalue weighted by Gasteiger charge is -2.24. The van der Waals surface area contributed by atoms with Crippen LogP contribution in [0.2, 0.25) is 0 Å². The Morgan fingerprint density at radius 3 is 2.30 bits per heavy atom. The molecule has 0 radical (unpaired) electrons. The largest absolute Gasteiger partial charge is 0.250 e. The van der Waals surface area contributed by atoms with Crippen LogP contribution >= 0.6 is 0 Å². The summed E-state index contributed by atoms with van der Waals surface area (Å²) in [7, 11) is 0. The molecule has 0 saturated carbocycles. The van der Waals surface area contributed by atoms with Crippen molar-refractivity contribution in [3.63, 3.8) is 0 Å². The van der Waals surface area contributed by atoms with E-state index in [1.54, 1.807) is 0 Å². The first-order valence-corrected chi connectivity index (χ1v) is 9.41. The van der Waals surface area contributed by atoms with Gasteiger partial charge in [-0.2, -0.15) is 4.57 Å². The Morgan fingerprint density at radius 1 is 0.852 bits per heavy atom. The summed E-state index contributed by atoms with van der Waals surface area (Å²) in [6.45, 7) is 6.47. The zero-order valence-corrected chi connectivity index (χ0v) is 15.9. The molecule has 2 nitrogen and oxygen atoms in total. The van der Waals surface area contributed by atoms with Gasteiger partial charge in [-0.1, -0.05) is 72.8 Å². The maximum absolute atomic E-state index is 9.19. The van der Waals surface area contributed by atoms with Crippen LogP contribution in [0.3, 0.4) is 0 Å². The highest BCUT2D eigenvalue weighted by atomic mass is 15.2. The number of aromatic nitrogens is 2. The monoisotopic (exact) mass is 352 g/mol. The molecule has 3 aromatic carbocycles. The maximum Gasteiger partial charge on any atom is 0.250 e. The standard InChI is InChI=1S/C25H23N2/c1-18-11-7-10-16-23(18)26-17-27-24(19(26)2)21-14-8-9-15-22(21)25(27,3)20-12-5-4-6-13-20/h4-17H,1-3H3/q+1/i17D. The molecule has 4 aromatic rings. The Labute approximate surface area is 161 Å². The summed E-state index contributed by atoms with van der Waals surface area (Å²) >= 11 is 0. The van der Waals surface area contributed by atoms with E-state index < -0.39 is 5.54 Å². The van der Waals surface area contributed by atoms with Crippen molar-refractivity contribution < 1.29 is 5.94 Å². The molecule has 1 aliphatic heterocycles. The van der Waals surface area contributed by atoms with E-state index in [1.165, 1.54) is 22.3 Å². The van der Waals surface area contributed by atoms with Gasteiger partial charge in [-0.15, -0.1) is 0 Å². The van der Waals surface area contributed by atoms with Crippen molar-refractivity contribution >= 4 is 0 Å². The molecule has 5 rings (SSSR count). The quantitative estimate of drug-likeness (QED) is 0.440. The van der Waals surface area contributed by atoms with Crippen LogP contribution in [-0.2, 0) is 5.54 Å². The average molecular weight is 352 g/mol. The first-order chi connectivity index (χ1) is 13.5. The fourth-order valence-corrected chi connectivity index (χ4v) is 4.46. The Morgan fingerprint density at radius 2 is 1.52 bits per heavy atom. The second-order valence-corrected chi connectivity index (χ2v) is 7.48. The second kappa shape index (κ2) is 5.68. The minimum atomic E-state index is -0.414. The molecule has 1 unspecified atom stereocenters. The van der Waals surface area contributed by atoms with Crippen LogP contribution in [0.25, 0.3) is 16.9 Å². The minimum Gasteiger partial charge on any atom is -0.215 e. The molecule has 27 heavy (non-hydrogen) atoms. The molecule has 1 atom stereocenters. The van der Waals surface area contributed by atoms with Gasteiger partial charge in [-0.05, 0) is 25.5 Å². The first kappa shape index (κ1) is 15.0. The number of rotatable bonds is 2. The molecule has 132 valence electrons. The normalized spacial score (nSPS) is 18.1. The summed E-state index contributed by atoms with van der Waals surface area (Å²) in [5, 5.41) is 0. The lowest BCUT2D eigenvalue weighted by atomic mass is 9.84. The van der Waals surface area contributed by atoms with Gasteiger partial charge in [0, 0.05) is 23.6 Å². The predicted molar refractivity (Wildman–Crippen MR) is 109 cm³/mol. The van der Waals surface area contributed by atoms with Crippen LogP contribution in [0.5, 0.6) is 0 Å². The van der Waals surface area contributed by atoms with Gasteiger partial charge in [0.2, 0.25) is 0 Å². The molecule has 0 bridgehead atoms. The molecule has 0 fully saturated rings. The van der Waals surface area contributed by atoms with Gasteiger partial charge in [-0.25, -0.2) is 4.57 Å². The third-order valence-corrected chi connectivity index (χ3v) is 5.95. The van der Waals surface area contributed by atoms with Crippen LogP contribution < -0.4 is 4.57 Å². The van der Waals surface area contributed by atoms with Crippen molar-refractivity contribution in [2.45, 2.75) is 26.3 Å². The van der Waals surface area contributed by atoms with Gasteiger partial charge in [0.05, 0.1) is 0 Å². The lowest BCUT2D eigenvalue weighted by Crippen LogP contribution is -2.35. The number of hydrogen-bond acceptors (Lipinski definition) is 0. The zero-order chi connectivity index (χ0) is 19.5. The fraction of sp³-hybridized carbons (Fsp3) is 0.160. The third kappa shape index (κ3) is 2.10. The Balaban J connectivity index is 1.90. The Hall–Kier alpha value is -3.13. The van der Waals surface area contributed by atoms with Crippen LogP contribution in [0, 0.1) is 13.8 Å². The van der Waals surface area contributed by atoms with Gasteiger partial charge >= 0.3 is 0 Å². The molecule has 0 N–H and O–H groups in total. The zero-order valence-electron chi connectivity index (χ0n) is 16.9. The van der Waals surface area contributed by atoms with Crippen molar-refractivity contribution in [1.82, 2.24) is 4.57 Å². The molecular formula is C25H23N2+. The third-order valence-electron chi connectivity index (χ3n) is 5.95. The molecule has 2 heteroatoms. The summed E-state index contributed by atoms with van der Waals surface area (Å²) < 4.78 is 13.5. The second-order valence-electron chi connectivity index (χ2n) is 7.48. The van der Waals surface area contributed by atoms with Crippen molar-refractivity contribution in [3.05, 3.63) is 108 Å². The molecule has 0 amide bonds. The van der Waals surface area contributed by atoms with Crippen molar-refractivity contribution in [2.75, 3.05) is 0 Å². The first-order valence-electron chi connectivity index (χ1n) is 9.91. The summed E-state index contributed by atoms with van der Waals surface area (Å²) in [6.07, 6.45) is 0.504. The SMILES string of the molecule is [2H]c1n2c(c(C)[n+]1-c1ccccc1C)-c1ccccc1C2(C)c1ccccc1. The molecule has 0 spiro atoms. The van der Waals surface area contributed by atoms with Crippen LogP contribution in [-0.4, -0.2) is 4.57 Å². The molecule has 1 aliphatic rings. The van der Waals surface area contributed by atoms with E-state index in [-0.39, 0.29) is 0 Å². The van der Waals surface area contributed by atoms with E-state index in [0.717, 1.165) is 17.1 Å². The van der Waals surface area contributed by atoms with Gasteiger partial charge in [-0.3, -0.25) is 0 Å². The van der Waals surface area contributed by atoms with E-state index in [0.29, 0.717) is 6.30 Å². The molecule has 2 heterocycles. The molecule has 1 aromatic heterocycles. The van der Waals surface area contributed by atoms with Gasteiger partial charge in [0.1, 0.15) is 5.69 Å². The smallest absolute Gasteiger partial charge is 0.215 e. The van der Waals surface area contributed by atoms with Crippen molar-refractivity contribution in [2.24, 2.45) is 0 Å². The summed E-state index contributed by atoms with van der Waals surface area (Å²) in [5.74, 6) is 0. The number of benzene rings is 3. The van der Waals surface area contributed by atoms with E-state index in [2.05, 4.69) is 90.6 Å². The molecule has 0 aliphatic carbocycles. The maximum atomic E-state index is 9.19.